The van der Waals surface area contributed by atoms with Crippen molar-refractivity contribution in [2.75, 3.05) is 7.11 Å². The van der Waals surface area contributed by atoms with E-state index in [9.17, 15) is 9.90 Å². The van der Waals surface area contributed by atoms with Gasteiger partial charge in [-0.05, 0) is 23.1 Å². The fourth-order valence-corrected chi connectivity index (χ4v) is 1.65. The number of phenols is 1. The van der Waals surface area contributed by atoms with Crippen LogP contribution in [0.25, 0.3) is 0 Å². The van der Waals surface area contributed by atoms with Gasteiger partial charge in [0.1, 0.15) is 6.04 Å². The minimum atomic E-state index is -1.23. The van der Waals surface area contributed by atoms with Crippen molar-refractivity contribution in [3.8, 4) is 11.5 Å². The highest BCUT2D eigenvalue weighted by Gasteiger charge is 2.25. The zero-order chi connectivity index (χ0) is 14.1. The number of hydrogen-bond donors (Lipinski definition) is 3. The molecule has 0 aromatic heterocycles. The van der Waals surface area contributed by atoms with Gasteiger partial charge in [0.2, 0.25) is 0 Å². The van der Waals surface area contributed by atoms with Gasteiger partial charge < -0.3 is 20.7 Å². The van der Waals surface area contributed by atoms with Gasteiger partial charge in [-0.1, -0.05) is 20.8 Å². The molecule has 0 spiro atoms. The quantitative estimate of drug-likeness (QED) is 0.763. The molecule has 0 saturated heterocycles. The summed E-state index contributed by atoms with van der Waals surface area (Å²) in [6, 6.07) is 2.00. The van der Waals surface area contributed by atoms with Gasteiger partial charge in [-0.15, -0.1) is 0 Å². The van der Waals surface area contributed by atoms with Crippen molar-refractivity contribution in [3.05, 3.63) is 23.3 Å². The highest BCUT2D eigenvalue weighted by Crippen LogP contribution is 2.38. The van der Waals surface area contributed by atoms with Crippen LogP contribution in [0.15, 0.2) is 12.1 Å². The molecule has 1 aromatic carbocycles. The third kappa shape index (κ3) is 2.73. The predicted octanol–water partition coefficient (Wildman–Crippen LogP) is 1.78. The maximum Gasteiger partial charge on any atom is 0.325 e. The third-order valence-corrected chi connectivity index (χ3v) is 2.77. The van der Waals surface area contributed by atoms with Gasteiger partial charge in [0, 0.05) is 5.56 Å². The fourth-order valence-electron chi connectivity index (χ4n) is 1.65. The molecule has 5 nitrogen and oxygen atoms in total. The van der Waals surface area contributed by atoms with Gasteiger partial charge in [0.15, 0.2) is 11.5 Å². The van der Waals surface area contributed by atoms with E-state index >= 15 is 0 Å². The number of phenolic OH excluding ortho intramolecular Hbond substituents is 1. The zero-order valence-corrected chi connectivity index (χ0v) is 11.0. The number of nitrogens with two attached hydrogens (primary N) is 1. The summed E-state index contributed by atoms with van der Waals surface area (Å²) < 4.78 is 5.02. The first-order chi connectivity index (χ1) is 8.18. The summed E-state index contributed by atoms with van der Waals surface area (Å²) in [5.41, 5.74) is 6.45. The average Bonchev–Trinajstić information content (AvgIpc) is 2.25. The van der Waals surface area contributed by atoms with E-state index in [0.29, 0.717) is 0 Å². The van der Waals surface area contributed by atoms with Crippen molar-refractivity contribution >= 4 is 5.97 Å². The molecule has 0 heterocycles. The number of carbonyl (C=O) groups is 1. The van der Waals surface area contributed by atoms with Crippen LogP contribution < -0.4 is 10.5 Å². The number of benzene rings is 1. The zero-order valence-electron chi connectivity index (χ0n) is 11.0. The van der Waals surface area contributed by atoms with Crippen LogP contribution in [-0.2, 0) is 10.2 Å². The molecule has 0 aliphatic carbocycles. The number of methoxy groups -OCH3 is 1. The SMILES string of the molecule is COc1c(O)cc(C(C)(C)C)cc1C(N)C(=O)O. The molecule has 1 atom stereocenters. The van der Waals surface area contributed by atoms with Crippen molar-refractivity contribution in [1.82, 2.24) is 0 Å². The summed E-state index contributed by atoms with van der Waals surface area (Å²) in [6.45, 7) is 5.89. The van der Waals surface area contributed by atoms with E-state index < -0.39 is 12.0 Å². The lowest BCUT2D eigenvalue weighted by atomic mass is 9.85. The van der Waals surface area contributed by atoms with Gasteiger partial charge in [-0.25, -0.2) is 0 Å². The smallest absolute Gasteiger partial charge is 0.325 e. The summed E-state index contributed by atoms with van der Waals surface area (Å²) in [5, 5.41) is 18.9. The summed E-state index contributed by atoms with van der Waals surface area (Å²) in [5.74, 6) is -1.16. The standard InChI is InChI=1S/C13H19NO4/c1-13(2,3)7-5-8(10(14)12(16)17)11(18-4)9(15)6-7/h5-6,10,15H,14H2,1-4H3,(H,16,17). The lowest BCUT2D eigenvalue weighted by Crippen LogP contribution is -2.22. The number of ether oxygens (including phenoxy) is 1. The van der Waals surface area contributed by atoms with Gasteiger partial charge >= 0.3 is 5.97 Å². The van der Waals surface area contributed by atoms with Gasteiger partial charge in [0.25, 0.3) is 0 Å². The Kier molecular flexibility index (Phi) is 3.86. The molecular formula is C13H19NO4. The average molecular weight is 253 g/mol. The summed E-state index contributed by atoms with van der Waals surface area (Å²) in [6.07, 6.45) is 0. The van der Waals surface area contributed by atoms with Crippen molar-refractivity contribution < 1.29 is 19.7 Å². The molecule has 1 aromatic rings. The molecule has 1 rings (SSSR count). The number of aromatic hydroxyl groups is 1. The van der Waals surface area contributed by atoms with Crippen molar-refractivity contribution in [2.24, 2.45) is 5.73 Å². The topological polar surface area (TPSA) is 92.8 Å². The van der Waals surface area contributed by atoms with Crippen LogP contribution in [0.4, 0.5) is 0 Å². The second-order valence-electron chi connectivity index (χ2n) is 5.18. The predicted molar refractivity (Wildman–Crippen MR) is 67.9 cm³/mol. The molecule has 1 unspecified atom stereocenters. The van der Waals surface area contributed by atoms with Crippen LogP contribution in [0, 0.1) is 0 Å². The second kappa shape index (κ2) is 4.86. The fraction of sp³-hybridized carbons (Fsp3) is 0.462. The van der Waals surface area contributed by atoms with Crippen LogP contribution >= 0.6 is 0 Å². The maximum atomic E-state index is 11.0. The molecule has 0 amide bonds. The Morgan fingerprint density at radius 3 is 2.33 bits per heavy atom. The molecule has 18 heavy (non-hydrogen) atoms. The van der Waals surface area contributed by atoms with E-state index in [2.05, 4.69) is 0 Å². The van der Waals surface area contributed by atoms with Gasteiger partial charge in [0.05, 0.1) is 7.11 Å². The van der Waals surface area contributed by atoms with E-state index in [1.54, 1.807) is 12.1 Å². The molecule has 5 heteroatoms. The Balaban J connectivity index is 3.46. The lowest BCUT2D eigenvalue weighted by molar-refractivity contribution is -0.138. The largest absolute Gasteiger partial charge is 0.504 e. The number of carboxylic acids is 1. The number of aliphatic carboxylic acids is 1. The van der Waals surface area contributed by atoms with Crippen LogP contribution in [0.1, 0.15) is 37.9 Å². The van der Waals surface area contributed by atoms with Gasteiger partial charge in [-0.3, -0.25) is 4.79 Å². The molecule has 0 bridgehead atoms. The molecule has 4 N–H and O–H groups in total. The molecule has 0 radical (unpaired) electrons. The molecule has 100 valence electrons. The molecular weight excluding hydrogens is 234 g/mol. The normalized spacial score (nSPS) is 13.2. The summed E-state index contributed by atoms with van der Waals surface area (Å²) in [4.78, 5) is 11.0. The number of hydrogen-bond acceptors (Lipinski definition) is 4. The minimum absolute atomic E-state index is 0.100. The Hall–Kier alpha value is -1.75. The highest BCUT2D eigenvalue weighted by atomic mass is 16.5. The Morgan fingerprint density at radius 2 is 1.94 bits per heavy atom. The van der Waals surface area contributed by atoms with Crippen LogP contribution in [-0.4, -0.2) is 23.3 Å². The molecule has 0 aliphatic rings. The Bertz CT molecular complexity index is 463. The van der Waals surface area contributed by atoms with Crippen molar-refractivity contribution in [3.63, 3.8) is 0 Å². The molecule has 0 saturated carbocycles. The molecule has 0 aliphatic heterocycles. The number of rotatable bonds is 3. The van der Waals surface area contributed by atoms with E-state index in [0.717, 1.165) is 5.56 Å². The van der Waals surface area contributed by atoms with Crippen molar-refractivity contribution in [2.45, 2.75) is 32.2 Å². The van der Waals surface area contributed by atoms with Crippen molar-refractivity contribution in [1.29, 1.82) is 0 Å². The van der Waals surface area contributed by atoms with Crippen LogP contribution in [0.5, 0.6) is 11.5 Å². The highest BCUT2D eigenvalue weighted by molar-refractivity contribution is 5.77. The summed E-state index contributed by atoms with van der Waals surface area (Å²) in [7, 11) is 1.36. The van der Waals surface area contributed by atoms with E-state index in [-0.39, 0.29) is 22.5 Å². The Morgan fingerprint density at radius 1 is 1.39 bits per heavy atom. The first-order valence-electron chi connectivity index (χ1n) is 5.58. The lowest BCUT2D eigenvalue weighted by Gasteiger charge is -2.23. The molecule has 0 fully saturated rings. The van der Waals surface area contributed by atoms with Crippen LogP contribution in [0.3, 0.4) is 0 Å². The van der Waals surface area contributed by atoms with Crippen LogP contribution in [0.2, 0.25) is 0 Å². The van der Waals surface area contributed by atoms with Gasteiger partial charge in [-0.2, -0.15) is 0 Å². The summed E-state index contributed by atoms with van der Waals surface area (Å²) >= 11 is 0. The monoisotopic (exact) mass is 253 g/mol. The van der Waals surface area contributed by atoms with E-state index in [1.165, 1.54) is 7.11 Å². The number of carboxylic acid groups (broad SMARTS) is 1. The second-order valence-corrected chi connectivity index (χ2v) is 5.18. The maximum absolute atomic E-state index is 11.0. The Labute approximate surface area is 106 Å². The first kappa shape index (κ1) is 14.3. The minimum Gasteiger partial charge on any atom is -0.504 e. The van der Waals surface area contributed by atoms with E-state index in [4.69, 9.17) is 15.6 Å². The van der Waals surface area contributed by atoms with E-state index in [1.807, 2.05) is 20.8 Å². The first-order valence-corrected chi connectivity index (χ1v) is 5.58. The third-order valence-electron chi connectivity index (χ3n) is 2.77.